The van der Waals surface area contributed by atoms with E-state index in [-0.39, 0.29) is 19.6 Å². The second kappa shape index (κ2) is 46.7. The smallest absolute Gasteiger partial charge is 0.306 e. The molecule has 7 N–H and O–H groups in total. The van der Waals surface area contributed by atoms with E-state index >= 15 is 0 Å². The van der Waals surface area contributed by atoms with Gasteiger partial charge in [-0.05, 0) is 96.3 Å². The second-order valence-electron chi connectivity index (χ2n) is 19.3. The van der Waals surface area contributed by atoms with Gasteiger partial charge in [0.25, 0.3) is 0 Å². The minimum Gasteiger partial charge on any atom is -0.457 e. The van der Waals surface area contributed by atoms with Gasteiger partial charge in [0.2, 0.25) is 0 Å². The van der Waals surface area contributed by atoms with E-state index in [9.17, 15) is 40.5 Å². The van der Waals surface area contributed by atoms with Crippen molar-refractivity contribution < 1.29 is 69.0 Å². The fourth-order valence-corrected chi connectivity index (χ4v) is 8.24. The summed E-state index contributed by atoms with van der Waals surface area (Å²) in [5.74, 6) is -0.408. The Balaban J connectivity index is 1.75. The molecule has 75 heavy (non-hydrogen) atoms. The van der Waals surface area contributed by atoms with Crippen LogP contribution in [0.1, 0.15) is 168 Å². The van der Waals surface area contributed by atoms with Crippen LogP contribution in [0.25, 0.3) is 0 Å². The molecule has 0 aliphatic carbocycles. The number of ether oxygens (including phenoxy) is 6. The molecule has 428 valence electrons. The zero-order valence-electron chi connectivity index (χ0n) is 45.7. The quantitative estimate of drug-likeness (QED) is 0.0172. The van der Waals surface area contributed by atoms with Crippen molar-refractivity contribution in [2.75, 3.05) is 33.0 Å². The first kappa shape index (κ1) is 67.8. The lowest BCUT2D eigenvalue weighted by molar-refractivity contribution is -0.332. The van der Waals surface area contributed by atoms with Crippen LogP contribution in [0.4, 0.5) is 0 Å². The monoisotopic (exact) mass is 1060 g/mol. The number of carbonyl (C=O) groups excluding carboxylic acids is 1. The molecule has 14 heteroatoms. The van der Waals surface area contributed by atoms with Crippen LogP contribution in [0.2, 0.25) is 0 Å². The topological polar surface area (TPSA) is 214 Å². The maximum absolute atomic E-state index is 13.1. The van der Waals surface area contributed by atoms with Gasteiger partial charge in [-0.25, -0.2) is 0 Å². The first-order valence-corrected chi connectivity index (χ1v) is 28.5. The fourth-order valence-electron chi connectivity index (χ4n) is 8.24. The van der Waals surface area contributed by atoms with Crippen LogP contribution < -0.4 is 0 Å². The van der Waals surface area contributed by atoms with Crippen molar-refractivity contribution in [3.8, 4) is 0 Å². The number of hydrogen-bond donors (Lipinski definition) is 7. The maximum Gasteiger partial charge on any atom is 0.306 e. The first-order chi connectivity index (χ1) is 36.6. The molecule has 0 saturated carbocycles. The van der Waals surface area contributed by atoms with Gasteiger partial charge in [0.15, 0.2) is 12.6 Å². The molecule has 2 aliphatic heterocycles. The van der Waals surface area contributed by atoms with E-state index in [2.05, 4.69) is 123 Å². The number of rotatable bonds is 44. The Labute approximate surface area is 451 Å². The summed E-state index contributed by atoms with van der Waals surface area (Å²) in [6.07, 6.45) is 47.1. The van der Waals surface area contributed by atoms with Gasteiger partial charge in [0.1, 0.15) is 54.9 Å². The minimum absolute atomic E-state index is 0.0381. The summed E-state index contributed by atoms with van der Waals surface area (Å²) >= 11 is 0. The Hall–Kier alpha value is -3.35. The van der Waals surface area contributed by atoms with Gasteiger partial charge in [0.05, 0.1) is 26.4 Å². The average Bonchev–Trinajstić information content (AvgIpc) is 3.41. The molecular formula is C61H100O14. The van der Waals surface area contributed by atoms with Crippen LogP contribution in [0, 0.1) is 0 Å². The van der Waals surface area contributed by atoms with Crippen molar-refractivity contribution in [2.24, 2.45) is 0 Å². The normalized spacial score (nSPS) is 25.5. The highest BCUT2D eigenvalue weighted by Crippen LogP contribution is 2.26. The van der Waals surface area contributed by atoms with Gasteiger partial charge in [0, 0.05) is 13.0 Å². The van der Waals surface area contributed by atoms with Crippen molar-refractivity contribution in [1.82, 2.24) is 0 Å². The number of unbranched alkanes of at least 4 members (excludes halogenated alkanes) is 12. The molecule has 2 aliphatic rings. The van der Waals surface area contributed by atoms with Crippen molar-refractivity contribution in [3.63, 3.8) is 0 Å². The Bertz CT molecular complexity index is 1650. The van der Waals surface area contributed by atoms with E-state index in [1.165, 1.54) is 32.1 Å². The van der Waals surface area contributed by atoms with Crippen LogP contribution in [0.15, 0.2) is 109 Å². The number of aliphatic hydroxyl groups is 7. The minimum atomic E-state index is -1.72. The van der Waals surface area contributed by atoms with E-state index in [1.54, 1.807) is 0 Å². The maximum atomic E-state index is 13.1. The number of hydrogen-bond acceptors (Lipinski definition) is 14. The van der Waals surface area contributed by atoms with E-state index < -0.39 is 86.7 Å². The lowest BCUT2D eigenvalue weighted by Gasteiger charge is -2.42. The largest absolute Gasteiger partial charge is 0.457 e. The van der Waals surface area contributed by atoms with Crippen LogP contribution >= 0.6 is 0 Å². The third-order valence-electron chi connectivity index (χ3n) is 12.8. The van der Waals surface area contributed by atoms with Gasteiger partial charge in [-0.15, -0.1) is 0 Å². The van der Waals surface area contributed by atoms with E-state index in [4.69, 9.17) is 28.4 Å². The lowest BCUT2D eigenvalue weighted by atomic mass is 9.98. The molecule has 2 rings (SSSR count). The van der Waals surface area contributed by atoms with Gasteiger partial charge in [-0.1, -0.05) is 175 Å². The molecule has 2 fully saturated rings. The summed E-state index contributed by atoms with van der Waals surface area (Å²) in [5, 5.41) is 72.3. The van der Waals surface area contributed by atoms with Crippen LogP contribution in [0.5, 0.6) is 0 Å². The molecule has 0 bridgehead atoms. The van der Waals surface area contributed by atoms with Crippen molar-refractivity contribution in [3.05, 3.63) is 109 Å². The van der Waals surface area contributed by atoms with Crippen molar-refractivity contribution >= 4 is 5.97 Å². The Kier molecular flexibility index (Phi) is 42.2. The first-order valence-electron chi connectivity index (χ1n) is 28.5. The fraction of sp³-hybridized carbons (Fsp3) is 0.689. The summed E-state index contributed by atoms with van der Waals surface area (Å²) in [4.78, 5) is 13.1. The summed E-state index contributed by atoms with van der Waals surface area (Å²) in [6, 6.07) is 0. The average molecular weight is 1060 g/mol. The Morgan fingerprint density at radius 2 is 0.827 bits per heavy atom. The predicted octanol–water partition coefficient (Wildman–Crippen LogP) is 9.96. The van der Waals surface area contributed by atoms with Gasteiger partial charge < -0.3 is 64.2 Å². The highest BCUT2D eigenvalue weighted by atomic mass is 16.7. The molecule has 0 aromatic carbocycles. The molecule has 0 radical (unpaired) electrons. The molecule has 14 nitrogen and oxygen atoms in total. The summed E-state index contributed by atoms with van der Waals surface area (Å²) in [7, 11) is 0. The van der Waals surface area contributed by atoms with Gasteiger partial charge >= 0.3 is 5.97 Å². The van der Waals surface area contributed by atoms with E-state index in [0.717, 1.165) is 109 Å². The zero-order valence-corrected chi connectivity index (χ0v) is 45.7. The molecule has 0 aromatic rings. The standard InChI is InChI=1S/C61H100O14/c1-3-5-7-9-11-13-15-17-19-21-23-24-25-26-27-28-30-32-34-36-38-40-42-44-53(63)73-50(47-70-45-43-41-39-37-35-33-31-29-22-20-18-16-14-12-10-8-6-4-2)48-71-60-59(69)57(67)55(65)52(75-60)49-72-61-58(68)56(66)54(64)51(46-62)74-61/h5-8,11-14,17-20,23-24,26-27,30,32,50-52,54-62,64-69H,3-4,9-10,15-16,21-22,25,28-29,31,33-49H2,1-2H3/b7-5-,8-6-,13-11-,14-12-,19-17-,20-18-,24-23-,27-26-,32-30-. The number of esters is 1. The molecule has 0 amide bonds. The van der Waals surface area contributed by atoms with E-state index in [1.807, 2.05) is 0 Å². The summed E-state index contributed by atoms with van der Waals surface area (Å²) < 4.78 is 34.3. The van der Waals surface area contributed by atoms with E-state index in [0.29, 0.717) is 13.0 Å². The van der Waals surface area contributed by atoms with Gasteiger partial charge in [-0.2, -0.15) is 0 Å². The van der Waals surface area contributed by atoms with Crippen LogP contribution in [-0.4, -0.2) is 142 Å². The Morgan fingerprint density at radius 1 is 0.440 bits per heavy atom. The molecular weight excluding hydrogens is 957 g/mol. The van der Waals surface area contributed by atoms with Crippen molar-refractivity contribution in [1.29, 1.82) is 0 Å². The summed E-state index contributed by atoms with van der Waals surface area (Å²) in [6.45, 7) is 3.39. The second-order valence-corrected chi connectivity index (χ2v) is 19.3. The van der Waals surface area contributed by atoms with Crippen molar-refractivity contribution in [2.45, 2.75) is 235 Å². The third kappa shape index (κ3) is 33.5. The highest BCUT2D eigenvalue weighted by Gasteiger charge is 2.47. The molecule has 0 aromatic heterocycles. The molecule has 0 spiro atoms. The third-order valence-corrected chi connectivity index (χ3v) is 12.8. The Morgan fingerprint density at radius 3 is 1.29 bits per heavy atom. The zero-order chi connectivity index (χ0) is 54.4. The highest BCUT2D eigenvalue weighted by molar-refractivity contribution is 5.69. The lowest BCUT2D eigenvalue weighted by Crippen LogP contribution is -2.61. The number of aliphatic hydroxyl groups excluding tert-OH is 7. The number of allylic oxidation sites excluding steroid dienone is 18. The molecule has 11 atom stereocenters. The SMILES string of the molecule is CC/C=C\C/C=C\C/C=C\C/C=C\C/C=C\C/C=C\CCCCCCC(=O)OC(COCCCCCCCCCC/C=C\C/C=C\C/C=C\CC)COC1OC(COC2OC(CO)C(O)C(O)C2O)C(O)C(O)C1O. The van der Waals surface area contributed by atoms with Crippen LogP contribution in [0.3, 0.4) is 0 Å². The molecule has 11 unspecified atom stereocenters. The van der Waals surface area contributed by atoms with Gasteiger partial charge in [-0.3, -0.25) is 4.79 Å². The molecule has 2 saturated heterocycles. The number of carbonyl (C=O) groups is 1. The molecule has 2 heterocycles. The predicted molar refractivity (Wildman–Crippen MR) is 297 cm³/mol. The van der Waals surface area contributed by atoms with Crippen LogP contribution in [-0.2, 0) is 33.2 Å². The summed E-state index contributed by atoms with van der Waals surface area (Å²) in [5.41, 5.74) is 0.